The molecule has 0 atom stereocenters. The number of hydrogen-bond acceptors (Lipinski definition) is 8. The van der Waals surface area contributed by atoms with Gasteiger partial charge >= 0.3 is 0 Å². The zero-order valence-corrected chi connectivity index (χ0v) is 22.1. The van der Waals surface area contributed by atoms with E-state index in [1.54, 1.807) is 43.5 Å². The predicted molar refractivity (Wildman–Crippen MR) is 138 cm³/mol. The van der Waals surface area contributed by atoms with Crippen LogP contribution in [0.15, 0.2) is 81.0 Å². The Balaban J connectivity index is 1.73. The molecule has 0 amide bonds. The maximum absolute atomic E-state index is 13.2. The molecule has 0 aliphatic rings. The molecule has 37 heavy (non-hydrogen) atoms. The van der Waals surface area contributed by atoms with Gasteiger partial charge in [0.1, 0.15) is 22.9 Å². The van der Waals surface area contributed by atoms with Gasteiger partial charge in [-0.15, -0.1) is 0 Å². The number of benzene rings is 3. The Labute approximate surface area is 215 Å². The van der Waals surface area contributed by atoms with Crippen LogP contribution < -0.4 is 18.9 Å². The van der Waals surface area contributed by atoms with E-state index < -0.39 is 20.0 Å². The molecule has 2 N–H and O–H groups in total. The number of ether oxygens (including phenoxy) is 2. The molecule has 0 aliphatic carbocycles. The van der Waals surface area contributed by atoms with Crippen molar-refractivity contribution in [3.8, 4) is 17.2 Å². The van der Waals surface area contributed by atoms with Gasteiger partial charge in [-0.3, -0.25) is 9.44 Å². The van der Waals surface area contributed by atoms with Crippen molar-refractivity contribution in [1.82, 2.24) is 5.16 Å². The van der Waals surface area contributed by atoms with E-state index in [-0.39, 0.29) is 38.4 Å². The minimum absolute atomic E-state index is 0.00186. The summed E-state index contributed by atoms with van der Waals surface area (Å²) in [6, 6.07) is 17.4. The third kappa shape index (κ3) is 5.87. The van der Waals surface area contributed by atoms with Crippen molar-refractivity contribution in [2.75, 3.05) is 16.6 Å². The van der Waals surface area contributed by atoms with Gasteiger partial charge in [-0.05, 0) is 69.3 Å². The van der Waals surface area contributed by atoms with Crippen molar-refractivity contribution in [3.05, 3.63) is 83.7 Å². The Hall–Kier alpha value is -4.03. The first kappa shape index (κ1) is 26.0. The summed E-state index contributed by atoms with van der Waals surface area (Å²) in [7, 11) is -6.67. The highest BCUT2D eigenvalue weighted by Crippen LogP contribution is 2.34. The molecule has 0 aliphatic heterocycles. The Morgan fingerprint density at radius 1 is 0.730 bits per heavy atom. The smallest absolute Gasteiger partial charge is 0.267 e. The number of nitrogens with one attached hydrogen (secondary N) is 2. The Morgan fingerprint density at radius 2 is 1.32 bits per heavy atom. The standard InChI is InChI=1S/C25H25N3O7S2/c1-16-5-12-22(13-6-16)36(29,30)27-23-14-11-21(34-20-9-7-19(33-4)8-10-20)15-24(23)28-37(31,32)25-17(2)26-35-18(25)3/h5-15,27-28H,1-4H3. The van der Waals surface area contributed by atoms with Gasteiger partial charge < -0.3 is 14.0 Å². The van der Waals surface area contributed by atoms with E-state index in [2.05, 4.69) is 14.6 Å². The molecule has 0 spiro atoms. The second-order valence-electron chi connectivity index (χ2n) is 8.16. The SMILES string of the molecule is COc1ccc(Oc2ccc(NS(=O)(=O)c3ccc(C)cc3)c(NS(=O)(=O)c3c(C)noc3C)c2)cc1. The first-order valence-corrected chi connectivity index (χ1v) is 14.0. The van der Waals surface area contributed by atoms with Crippen LogP contribution in [-0.2, 0) is 20.0 Å². The fraction of sp³-hybridized carbons (Fsp3) is 0.160. The monoisotopic (exact) mass is 543 g/mol. The summed E-state index contributed by atoms with van der Waals surface area (Å²) in [4.78, 5) is -0.113. The average Bonchev–Trinajstić information content (AvgIpc) is 3.20. The molecule has 3 aromatic carbocycles. The van der Waals surface area contributed by atoms with Crippen molar-refractivity contribution in [2.45, 2.75) is 30.6 Å². The summed E-state index contributed by atoms with van der Waals surface area (Å²) in [5.74, 6) is 1.46. The molecule has 10 nitrogen and oxygen atoms in total. The van der Waals surface area contributed by atoms with E-state index in [0.717, 1.165) is 5.56 Å². The number of hydrogen-bond donors (Lipinski definition) is 2. The minimum Gasteiger partial charge on any atom is -0.497 e. The van der Waals surface area contributed by atoms with Gasteiger partial charge in [-0.25, -0.2) is 16.8 Å². The van der Waals surface area contributed by atoms with E-state index in [0.29, 0.717) is 11.5 Å². The van der Waals surface area contributed by atoms with E-state index in [1.165, 1.54) is 44.2 Å². The lowest BCUT2D eigenvalue weighted by Crippen LogP contribution is -2.18. The average molecular weight is 544 g/mol. The second-order valence-corrected chi connectivity index (χ2v) is 11.5. The molecule has 0 unspecified atom stereocenters. The number of aromatic nitrogens is 1. The van der Waals surface area contributed by atoms with Crippen LogP contribution in [0, 0.1) is 20.8 Å². The van der Waals surface area contributed by atoms with Crippen LogP contribution in [0.25, 0.3) is 0 Å². The first-order chi connectivity index (χ1) is 17.5. The van der Waals surface area contributed by atoms with Gasteiger partial charge in [0.05, 0.1) is 23.4 Å². The van der Waals surface area contributed by atoms with Gasteiger partial charge in [0, 0.05) is 6.07 Å². The molecule has 4 rings (SSSR count). The first-order valence-electron chi connectivity index (χ1n) is 11.0. The van der Waals surface area contributed by atoms with Gasteiger partial charge in [-0.2, -0.15) is 0 Å². The van der Waals surface area contributed by atoms with Gasteiger partial charge in [0.25, 0.3) is 20.0 Å². The topological polar surface area (TPSA) is 137 Å². The van der Waals surface area contributed by atoms with Crippen LogP contribution in [0.5, 0.6) is 17.2 Å². The highest BCUT2D eigenvalue weighted by atomic mass is 32.2. The van der Waals surface area contributed by atoms with Crippen molar-refractivity contribution in [2.24, 2.45) is 0 Å². The van der Waals surface area contributed by atoms with E-state index in [9.17, 15) is 16.8 Å². The molecular formula is C25H25N3O7S2. The third-order valence-corrected chi connectivity index (χ3v) is 8.33. The number of sulfonamides is 2. The summed E-state index contributed by atoms with van der Waals surface area (Å²) in [6.07, 6.45) is 0. The molecule has 0 saturated carbocycles. The fourth-order valence-electron chi connectivity index (χ4n) is 3.52. The van der Waals surface area contributed by atoms with Crippen molar-refractivity contribution < 1.29 is 30.8 Å². The normalized spacial score (nSPS) is 11.7. The zero-order chi connectivity index (χ0) is 26.8. The van der Waals surface area contributed by atoms with Crippen LogP contribution in [0.4, 0.5) is 11.4 Å². The summed E-state index contributed by atoms with van der Waals surface area (Å²) in [6.45, 7) is 4.81. The molecular weight excluding hydrogens is 518 g/mol. The van der Waals surface area contributed by atoms with Crippen molar-refractivity contribution >= 4 is 31.4 Å². The Morgan fingerprint density at radius 3 is 1.92 bits per heavy atom. The van der Waals surface area contributed by atoms with Crippen LogP contribution in [0.2, 0.25) is 0 Å². The largest absolute Gasteiger partial charge is 0.497 e. The molecule has 4 aromatic rings. The van der Waals surface area contributed by atoms with Gasteiger partial charge in [0.15, 0.2) is 10.7 Å². The summed E-state index contributed by atoms with van der Waals surface area (Å²) in [5.41, 5.74) is 1.00. The minimum atomic E-state index is -4.19. The number of nitrogens with zero attached hydrogens (tertiary/aromatic N) is 1. The van der Waals surface area contributed by atoms with Crippen LogP contribution in [0.1, 0.15) is 17.0 Å². The summed E-state index contributed by atoms with van der Waals surface area (Å²) < 4.78 is 73.5. The number of aryl methyl sites for hydroxylation is 3. The molecule has 0 radical (unpaired) electrons. The highest BCUT2D eigenvalue weighted by Gasteiger charge is 2.26. The molecule has 1 heterocycles. The molecule has 1 aromatic heterocycles. The van der Waals surface area contributed by atoms with Crippen LogP contribution in [0.3, 0.4) is 0 Å². The van der Waals surface area contributed by atoms with Gasteiger partial charge in [0.2, 0.25) is 0 Å². The summed E-state index contributed by atoms with van der Waals surface area (Å²) >= 11 is 0. The number of anilines is 2. The number of methoxy groups -OCH3 is 1. The molecule has 0 fully saturated rings. The molecule has 0 bridgehead atoms. The summed E-state index contributed by atoms with van der Waals surface area (Å²) in [5, 5.41) is 3.70. The van der Waals surface area contributed by atoms with Crippen molar-refractivity contribution in [1.29, 1.82) is 0 Å². The highest BCUT2D eigenvalue weighted by molar-refractivity contribution is 7.93. The van der Waals surface area contributed by atoms with Gasteiger partial charge in [-0.1, -0.05) is 22.9 Å². The van der Waals surface area contributed by atoms with Crippen molar-refractivity contribution in [3.63, 3.8) is 0 Å². The Bertz CT molecular complexity index is 1610. The second kappa shape index (κ2) is 10.1. The number of rotatable bonds is 9. The predicted octanol–water partition coefficient (Wildman–Crippen LogP) is 5.00. The molecule has 12 heteroatoms. The lowest BCUT2D eigenvalue weighted by Gasteiger charge is -2.16. The maximum Gasteiger partial charge on any atom is 0.267 e. The lowest BCUT2D eigenvalue weighted by molar-refractivity contribution is 0.390. The van der Waals surface area contributed by atoms with E-state index in [1.807, 2.05) is 6.92 Å². The zero-order valence-electron chi connectivity index (χ0n) is 20.5. The lowest BCUT2D eigenvalue weighted by atomic mass is 10.2. The maximum atomic E-state index is 13.2. The van der Waals surface area contributed by atoms with Crippen LogP contribution >= 0.6 is 0 Å². The quantitative estimate of drug-likeness (QED) is 0.301. The molecule has 194 valence electrons. The van der Waals surface area contributed by atoms with E-state index >= 15 is 0 Å². The third-order valence-electron chi connectivity index (χ3n) is 5.34. The van der Waals surface area contributed by atoms with Crippen LogP contribution in [-0.4, -0.2) is 29.1 Å². The fourth-order valence-corrected chi connectivity index (χ4v) is 6.00. The Kier molecular flexibility index (Phi) is 7.14. The van der Waals surface area contributed by atoms with E-state index in [4.69, 9.17) is 14.0 Å². The molecule has 0 saturated heterocycles.